The third-order valence-corrected chi connectivity index (χ3v) is 6.70. The molecule has 1 aromatic rings. The highest BCUT2D eigenvalue weighted by atomic mass is 32.2. The number of nitrogens with zero attached hydrogens (tertiary/aromatic N) is 2. The van der Waals surface area contributed by atoms with Gasteiger partial charge in [0.15, 0.2) is 0 Å². The van der Waals surface area contributed by atoms with Crippen LogP contribution in [0.25, 0.3) is 0 Å². The minimum atomic E-state index is -3.64. The molecule has 2 fully saturated rings. The lowest BCUT2D eigenvalue weighted by atomic mass is 9.96. The first-order chi connectivity index (χ1) is 12.6. The summed E-state index contributed by atoms with van der Waals surface area (Å²) in [4.78, 5) is 37.9. The summed E-state index contributed by atoms with van der Waals surface area (Å²) in [5.74, 6) is -0.887. The number of anilines is 1. The van der Waals surface area contributed by atoms with Gasteiger partial charge in [-0.25, -0.2) is 17.5 Å². The molecule has 1 saturated carbocycles. The molecule has 0 unspecified atom stereocenters. The van der Waals surface area contributed by atoms with E-state index in [9.17, 15) is 22.8 Å². The van der Waals surface area contributed by atoms with E-state index in [1.54, 1.807) is 6.92 Å². The number of nitrogens with one attached hydrogen (secondary N) is 2. The number of hydrogen-bond donors (Lipinski definition) is 2. The van der Waals surface area contributed by atoms with Crippen LogP contribution in [0.1, 0.15) is 19.8 Å². The summed E-state index contributed by atoms with van der Waals surface area (Å²) in [5.41, 5.74) is -0.684. The van der Waals surface area contributed by atoms with Crippen molar-refractivity contribution in [2.24, 2.45) is 5.92 Å². The van der Waals surface area contributed by atoms with Crippen molar-refractivity contribution in [3.05, 3.63) is 24.3 Å². The van der Waals surface area contributed by atoms with Crippen LogP contribution in [0.2, 0.25) is 0 Å². The van der Waals surface area contributed by atoms with Crippen molar-refractivity contribution in [1.29, 1.82) is 0 Å². The summed E-state index contributed by atoms with van der Waals surface area (Å²) in [6.45, 7) is 1.25. The van der Waals surface area contributed by atoms with Crippen LogP contribution in [0.4, 0.5) is 10.5 Å². The van der Waals surface area contributed by atoms with Crippen LogP contribution < -0.4 is 10.6 Å². The number of sulfonamides is 1. The van der Waals surface area contributed by atoms with E-state index >= 15 is 0 Å². The van der Waals surface area contributed by atoms with Crippen molar-refractivity contribution < 1.29 is 22.8 Å². The Hall–Kier alpha value is -2.46. The molecule has 27 heavy (non-hydrogen) atoms. The summed E-state index contributed by atoms with van der Waals surface area (Å²) in [6.07, 6.45) is 1.74. The Morgan fingerprint density at radius 3 is 2.59 bits per heavy atom. The Kier molecular flexibility index (Phi) is 4.73. The average molecular weight is 394 g/mol. The van der Waals surface area contributed by atoms with Gasteiger partial charge in [0, 0.05) is 19.8 Å². The molecule has 10 heteroatoms. The van der Waals surface area contributed by atoms with Gasteiger partial charge in [-0.05, 0) is 43.9 Å². The number of benzene rings is 1. The Labute approximate surface area is 157 Å². The fourth-order valence-corrected chi connectivity index (χ4v) is 4.03. The highest BCUT2D eigenvalue weighted by molar-refractivity contribution is 7.89. The number of carbonyl (C=O) groups excluding carboxylic acids is 3. The van der Waals surface area contributed by atoms with Crippen molar-refractivity contribution >= 4 is 33.6 Å². The van der Waals surface area contributed by atoms with Crippen LogP contribution in [0.15, 0.2) is 29.2 Å². The van der Waals surface area contributed by atoms with Crippen molar-refractivity contribution in [2.45, 2.75) is 30.2 Å². The number of rotatable bonds is 6. The zero-order valence-corrected chi connectivity index (χ0v) is 16.2. The fourth-order valence-electron chi connectivity index (χ4n) is 3.09. The number of hydrogen-bond acceptors (Lipinski definition) is 5. The third-order valence-electron chi connectivity index (χ3n) is 4.89. The first-order valence-electron chi connectivity index (χ1n) is 8.52. The van der Waals surface area contributed by atoms with E-state index in [1.807, 2.05) is 0 Å². The smallest absolute Gasteiger partial charge is 0.324 e. The number of carbonyl (C=O) groups is 3. The number of urea groups is 1. The van der Waals surface area contributed by atoms with Crippen LogP contribution in [0.3, 0.4) is 0 Å². The first kappa shape index (κ1) is 19.3. The summed E-state index contributed by atoms with van der Waals surface area (Å²) < 4.78 is 25.4. The minimum Gasteiger partial charge on any atom is -0.324 e. The predicted octanol–water partition coefficient (Wildman–Crippen LogP) is 0.596. The van der Waals surface area contributed by atoms with Crippen LogP contribution in [0, 0.1) is 5.92 Å². The van der Waals surface area contributed by atoms with Crippen molar-refractivity contribution in [1.82, 2.24) is 14.5 Å². The molecule has 1 aromatic carbocycles. The molecule has 1 aliphatic heterocycles. The number of imide groups is 1. The van der Waals surface area contributed by atoms with Gasteiger partial charge < -0.3 is 10.6 Å². The van der Waals surface area contributed by atoms with Crippen LogP contribution in [0.5, 0.6) is 0 Å². The molecule has 1 atom stereocenters. The zero-order valence-electron chi connectivity index (χ0n) is 15.4. The SMILES string of the molecule is CN(C)S(=O)(=O)c1cccc(NC(=O)CN2C(=O)N[C@@](C)(C3CC3)C2=O)c1. The van der Waals surface area contributed by atoms with Gasteiger partial charge in [0.1, 0.15) is 12.1 Å². The standard InChI is InChI=1S/C17H22N4O5S/c1-17(11-7-8-11)15(23)21(16(24)19-17)10-14(22)18-12-5-4-6-13(9-12)27(25,26)20(2)3/h4-6,9,11H,7-8,10H2,1-3H3,(H,18,22)(H,19,24)/t17-/m0/s1. The second-order valence-corrected chi connectivity index (χ2v) is 9.31. The highest BCUT2D eigenvalue weighted by Gasteiger charge is 2.56. The third kappa shape index (κ3) is 3.54. The highest BCUT2D eigenvalue weighted by Crippen LogP contribution is 2.42. The molecule has 1 heterocycles. The molecule has 0 radical (unpaired) electrons. The Balaban J connectivity index is 1.70. The summed E-state index contributed by atoms with van der Waals surface area (Å²) in [7, 11) is -0.816. The molecule has 1 aliphatic carbocycles. The van der Waals surface area contributed by atoms with Gasteiger partial charge in [-0.2, -0.15) is 0 Å². The van der Waals surface area contributed by atoms with E-state index in [2.05, 4.69) is 10.6 Å². The van der Waals surface area contributed by atoms with Crippen LogP contribution >= 0.6 is 0 Å². The molecular weight excluding hydrogens is 372 g/mol. The van der Waals surface area contributed by atoms with E-state index in [1.165, 1.54) is 38.4 Å². The zero-order chi connectivity index (χ0) is 20.0. The Bertz CT molecular complexity index is 910. The molecule has 1 saturated heterocycles. The molecular formula is C17H22N4O5S. The Morgan fingerprint density at radius 2 is 2.00 bits per heavy atom. The topological polar surface area (TPSA) is 116 Å². The molecule has 0 spiro atoms. The van der Waals surface area contributed by atoms with E-state index in [4.69, 9.17) is 0 Å². The van der Waals surface area contributed by atoms with Gasteiger partial charge in [-0.1, -0.05) is 6.07 Å². The van der Waals surface area contributed by atoms with Crippen molar-refractivity contribution in [2.75, 3.05) is 26.0 Å². The molecule has 4 amide bonds. The quantitative estimate of drug-likeness (QED) is 0.686. The van der Waals surface area contributed by atoms with Gasteiger partial charge in [0.25, 0.3) is 5.91 Å². The molecule has 2 N–H and O–H groups in total. The van der Waals surface area contributed by atoms with E-state index in [0.717, 1.165) is 22.0 Å². The molecule has 0 bridgehead atoms. The Morgan fingerprint density at radius 1 is 1.33 bits per heavy atom. The van der Waals surface area contributed by atoms with Crippen molar-refractivity contribution in [3.63, 3.8) is 0 Å². The maximum absolute atomic E-state index is 12.5. The maximum atomic E-state index is 12.5. The van der Waals surface area contributed by atoms with E-state index in [0.29, 0.717) is 0 Å². The van der Waals surface area contributed by atoms with Crippen LogP contribution in [-0.2, 0) is 19.6 Å². The van der Waals surface area contributed by atoms with Gasteiger partial charge in [-0.3, -0.25) is 14.5 Å². The first-order valence-corrected chi connectivity index (χ1v) is 9.96. The molecule has 3 rings (SSSR count). The van der Waals surface area contributed by atoms with Gasteiger partial charge in [-0.15, -0.1) is 0 Å². The number of amides is 4. The minimum absolute atomic E-state index is 0.0293. The van der Waals surface area contributed by atoms with Gasteiger partial charge in [0.2, 0.25) is 15.9 Å². The molecule has 146 valence electrons. The van der Waals surface area contributed by atoms with Gasteiger partial charge >= 0.3 is 6.03 Å². The molecule has 9 nitrogen and oxygen atoms in total. The largest absolute Gasteiger partial charge is 0.325 e. The average Bonchev–Trinajstić information content (AvgIpc) is 3.41. The monoisotopic (exact) mass is 394 g/mol. The molecule has 2 aliphatic rings. The lowest BCUT2D eigenvalue weighted by Crippen LogP contribution is -2.46. The van der Waals surface area contributed by atoms with Crippen molar-refractivity contribution in [3.8, 4) is 0 Å². The molecule has 0 aromatic heterocycles. The second kappa shape index (κ2) is 6.61. The predicted molar refractivity (Wildman–Crippen MR) is 97.3 cm³/mol. The summed E-state index contributed by atoms with van der Waals surface area (Å²) in [5, 5.41) is 5.21. The summed E-state index contributed by atoms with van der Waals surface area (Å²) >= 11 is 0. The normalized spacial score (nSPS) is 22.9. The summed E-state index contributed by atoms with van der Waals surface area (Å²) in [6, 6.07) is 5.20. The van der Waals surface area contributed by atoms with E-state index in [-0.39, 0.29) is 16.5 Å². The lowest BCUT2D eigenvalue weighted by Gasteiger charge is -2.20. The maximum Gasteiger partial charge on any atom is 0.325 e. The second-order valence-electron chi connectivity index (χ2n) is 7.16. The van der Waals surface area contributed by atoms with Gasteiger partial charge in [0.05, 0.1) is 4.90 Å². The van der Waals surface area contributed by atoms with E-state index < -0.39 is 40.0 Å². The lowest BCUT2D eigenvalue weighted by molar-refractivity contribution is -0.134. The fraction of sp³-hybridized carbons (Fsp3) is 0.471. The van der Waals surface area contributed by atoms with Crippen LogP contribution in [-0.4, -0.2) is 61.6 Å².